The van der Waals surface area contributed by atoms with Gasteiger partial charge in [0.05, 0.1) is 12.1 Å². The third-order valence-corrected chi connectivity index (χ3v) is 4.61. The van der Waals surface area contributed by atoms with E-state index >= 15 is 0 Å². The van der Waals surface area contributed by atoms with Gasteiger partial charge in [-0.05, 0) is 38.1 Å². The highest BCUT2D eigenvalue weighted by Gasteiger charge is 2.11. The largest absolute Gasteiger partial charge is 0.426 e. The molecule has 3 rings (SSSR count). The molecule has 1 heterocycles. The first-order valence-electron chi connectivity index (χ1n) is 7.84. The van der Waals surface area contributed by atoms with Crippen LogP contribution in [-0.2, 0) is 11.2 Å². The number of aromatic nitrogens is 1. The molecule has 126 valence electrons. The molecule has 0 radical (unpaired) electrons. The number of carbonyl (C=O) groups is 2. The van der Waals surface area contributed by atoms with Gasteiger partial charge in [-0.15, -0.1) is 11.3 Å². The van der Waals surface area contributed by atoms with Crippen LogP contribution in [0.5, 0.6) is 5.75 Å². The fourth-order valence-corrected chi connectivity index (χ4v) is 3.12. The lowest BCUT2D eigenvalue weighted by Crippen LogP contribution is -2.11. The SMILES string of the molecule is CC(=O)c1ccc(OC(=O)Cc2csc(-c3ccc(C)cc3)n2)cc1. The quantitative estimate of drug-likeness (QED) is 0.387. The van der Waals surface area contributed by atoms with Gasteiger partial charge in [-0.3, -0.25) is 9.59 Å². The average Bonchev–Trinajstić information content (AvgIpc) is 3.04. The second-order valence-electron chi connectivity index (χ2n) is 5.74. The minimum atomic E-state index is -0.378. The molecule has 0 saturated heterocycles. The summed E-state index contributed by atoms with van der Waals surface area (Å²) in [5, 5.41) is 2.75. The van der Waals surface area contributed by atoms with Crippen LogP contribution in [0, 0.1) is 6.92 Å². The molecular formula is C20H17NO3S. The van der Waals surface area contributed by atoms with Crippen molar-refractivity contribution in [2.24, 2.45) is 0 Å². The summed E-state index contributed by atoms with van der Waals surface area (Å²) in [5.41, 5.74) is 3.50. The molecule has 0 aliphatic carbocycles. The molecule has 0 spiro atoms. The summed E-state index contributed by atoms with van der Waals surface area (Å²) in [7, 11) is 0. The molecule has 0 unspecified atom stereocenters. The lowest BCUT2D eigenvalue weighted by Gasteiger charge is -2.03. The highest BCUT2D eigenvalue weighted by molar-refractivity contribution is 7.13. The van der Waals surface area contributed by atoms with E-state index in [0.717, 1.165) is 10.6 Å². The van der Waals surface area contributed by atoms with Gasteiger partial charge in [0.25, 0.3) is 0 Å². The molecule has 1 aromatic heterocycles. The first-order chi connectivity index (χ1) is 12.0. The molecule has 2 aromatic carbocycles. The zero-order valence-electron chi connectivity index (χ0n) is 14.0. The third kappa shape index (κ3) is 4.39. The molecule has 0 aliphatic heterocycles. The van der Waals surface area contributed by atoms with Crippen LogP contribution in [0.15, 0.2) is 53.9 Å². The van der Waals surface area contributed by atoms with E-state index in [9.17, 15) is 9.59 Å². The van der Waals surface area contributed by atoms with Crippen molar-refractivity contribution >= 4 is 23.1 Å². The first-order valence-corrected chi connectivity index (χ1v) is 8.72. The number of Topliss-reactive ketones (excluding diaryl/α,β-unsaturated/α-hetero) is 1. The maximum Gasteiger partial charge on any atom is 0.317 e. The van der Waals surface area contributed by atoms with Crippen LogP contribution >= 0.6 is 11.3 Å². The normalized spacial score (nSPS) is 10.5. The van der Waals surface area contributed by atoms with Crippen LogP contribution in [0.4, 0.5) is 0 Å². The molecule has 0 saturated carbocycles. The number of thiazole rings is 1. The summed E-state index contributed by atoms with van der Waals surface area (Å²) in [5.74, 6) is 0.0179. The molecular weight excluding hydrogens is 334 g/mol. The minimum absolute atomic E-state index is 0.0241. The molecule has 0 amide bonds. The molecule has 0 bridgehead atoms. The lowest BCUT2D eigenvalue weighted by molar-refractivity contribution is -0.133. The van der Waals surface area contributed by atoms with E-state index in [-0.39, 0.29) is 18.2 Å². The molecule has 0 N–H and O–H groups in total. The second kappa shape index (κ2) is 7.40. The Morgan fingerprint density at radius 3 is 2.36 bits per heavy atom. The number of esters is 1. The van der Waals surface area contributed by atoms with Crippen LogP contribution in [0.25, 0.3) is 10.6 Å². The third-order valence-electron chi connectivity index (χ3n) is 3.67. The van der Waals surface area contributed by atoms with E-state index in [0.29, 0.717) is 17.0 Å². The standard InChI is InChI=1S/C20H17NO3S/c1-13-3-5-16(6-4-13)20-21-17(12-25-20)11-19(23)24-18-9-7-15(8-10-18)14(2)22/h3-10,12H,11H2,1-2H3. The minimum Gasteiger partial charge on any atom is -0.426 e. The Kier molecular flexibility index (Phi) is 5.05. The van der Waals surface area contributed by atoms with E-state index in [1.54, 1.807) is 24.3 Å². The second-order valence-corrected chi connectivity index (χ2v) is 6.60. The van der Waals surface area contributed by atoms with Gasteiger partial charge in [0.1, 0.15) is 10.8 Å². The number of ether oxygens (including phenoxy) is 1. The van der Waals surface area contributed by atoms with Crippen LogP contribution in [-0.4, -0.2) is 16.7 Å². The van der Waals surface area contributed by atoms with Crippen molar-refractivity contribution < 1.29 is 14.3 Å². The average molecular weight is 351 g/mol. The van der Waals surface area contributed by atoms with Crippen molar-refractivity contribution in [1.29, 1.82) is 0 Å². The van der Waals surface area contributed by atoms with Gasteiger partial charge >= 0.3 is 5.97 Å². The number of rotatable bonds is 5. The van der Waals surface area contributed by atoms with Gasteiger partial charge in [-0.2, -0.15) is 0 Å². The molecule has 4 nitrogen and oxygen atoms in total. The smallest absolute Gasteiger partial charge is 0.317 e. The van der Waals surface area contributed by atoms with E-state index < -0.39 is 0 Å². The summed E-state index contributed by atoms with van der Waals surface area (Å²) < 4.78 is 5.30. The van der Waals surface area contributed by atoms with E-state index in [1.807, 2.05) is 36.6 Å². The number of aryl methyl sites for hydroxylation is 1. The topological polar surface area (TPSA) is 56.3 Å². The Balaban J connectivity index is 1.63. The molecule has 0 fully saturated rings. The number of nitrogens with zero attached hydrogens (tertiary/aromatic N) is 1. The van der Waals surface area contributed by atoms with E-state index in [4.69, 9.17) is 4.74 Å². The molecule has 0 aliphatic rings. The van der Waals surface area contributed by atoms with Crippen molar-refractivity contribution in [3.63, 3.8) is 0 Å². The van der Waals surface area contributed by atoms with Gasteiger partial charge in [-0.25, -0.2) is 4.98 Å². The van der Waals surface area contributed by atoms with Gasteiger partial charge in [-0.1, -0.05) is 29.8 Å². The van der Waals surface area contributed by atoms with Gasteiger partial charge < -0.3 is 4.74 Å². The maximum absolute atomic E-state index is 12.1. The van der Waals surface area contributed by atoms with Gasteiger partial charge in [0.2, 0.25) is 0 Å². The maximum atomic E-state index is 12.1. The van der Waals surface area contributed by atoms with E-state index in [2.05, 4.69) is 4.98 Å². The van der Waals surface area contributed by atoms with E-state index in [1.165, 1.54) is 23.8 Å². The van der Waals surface area contributed by atoms with Crippen molar-refractivity contribution in [2.75, 3.05) is 0 Å². The number of hydrogen-bond acceptors (Lipinski definition) is 5. The monoisotopic (exact) mass is 351 g/mol. The molecule has 3 aromatic rings. The Morgan fingerprint density at radius 2 is 1.72 bits per heavy atom. The molecule has 25 heavy (non-hydrogen) atoms. The van der Waals surface area contributed by atoms with Crippen molar-refractivity contribution in [3.8, 4) is 16.3 Å². The van der Waals surface area contributed by atoms with Gasteiger partial charge in [0.15, 0.2) is 5.78 Å². The van der Waals surface area contributed by atoms with Crippen LogP contribution in [0.3, 0.4) is 0 Å². The summed E-state index contributed by atoms with van der Waals surface area (Å²) in [6.45, 7) is 3.53. The predicted octanol–water partition coefficient (Wildman–Crippen LogP) is 4.47. The highest BCUT2D eigenvalue weighted by Crippen LogP contribution is 2.24. The van der Waals surface area contributed by atoms with Crippen molar-refractivity contribution in [2.45, 2.75) is 20.3 Å². The number of benzene rings is 2. The highest BCUT2D eigenvalue weighted by atomic mass is 32.1. The van der Waals surface area contributed by atoms with Crippen LogP contribution in [0.1, 0.15) is 28.5 Å². The Hall–Kier alpha value is -2.79. The van der Waals surface area contributed by atoms with Crippen molar-refractivity contribution in [3.05, 3.63) is 70.7 Å². The lowest BCUT2D eigenvalue weighted by atomic mass is 10.1. The van der Waals surface area contributed by atoms with Gasteiger partial charge in [0, 0.05) is 16.5 Å². The predicted molar refractivity (Wildman–Crippen MR) is 98.1 cm³/mol. The molecule has 5 heteroatoms. The number of ketones is 1. The summed E-state index contributed by atoms with van der Waals surface area (Å²) >= 11 is 1.51. The number of hydrogen-bond donors (Lipinski definition) is 0. The summed E-state index contributed by atoms with van der Waals surface area (Å²) in [6, 6.07) is 14.6. The summed E-state index contributed by atoms with van der Waals surface area (Å²) in [6.07, 6.45) is 0.108. The van der Waals surface area contributed by atoms with Crippen LogP contribution in [0.2, 0.25) is 0 Å². The zero-order chi connectivity index (χ0) is 17.8. The summed E-state index contributed by atoms with van der Waals surface area (Å²) in [4.78, 5) is 27.8. The Labute approximate surface area is 150 Å². The fourth-order valence-electron chi connectivity index (χ4n) is 2.29. The fraction of sp³-hybridized carbons (Fsp3) is 0.150. The Morgan fingerprint density at radius 1 is 1.04 bits per heavy atom. The molecule has 0 atom stereocenters. The number of carbonyl (C=O) groups excluding carboxylic acids is 2. The first kappa shape index (κ1) is 17.0. The van der Waals surface area contributed by atoms with Crippen LogP contribution < -0.4 is 4.74 Å². The zero-order valence-corrected chi connectivity index (χ0v) is 14.8. The van der Waals surface area contributed by atoms with Crippen molar-refractivity contribution in [1.82, 2.24) is 4.98 Å². The Bertz CT molecular complexity index is 895.